The average molecular weight is 1270 g/mol. The number of nitrogens with one attached hydrogen (secondary N) is 3. The highest BCUT2D eigenvalue weighted by Gasteiger charge is 2.58. The molecule has 2 spiro atoms. The lowest BCUT2D eigenvalue weighted by atomic mass is 10.0. The van der Waals surface area contributed by atoms with E-state index in [9.17, 15) is 38.7 Å². The highest BCUT2D eigenvalue weighted by atomic mass is 16.6. The van der Waals surface area contributed by atoms with Crippen LogP contribution in [0.1, 0.15) is 147 Å². The second-order valence-electron chi connectivity index (χ2n) is 26.3. The molecule has 21 heteroatoms. The summed E-state index contributed by atoms with van der Waals surface area (Å²) in [5, 5.41) is 20.5. The van der Waals surface area contributed by atoms with Crippen LogP contribution in [0.15, 0.2) is 102 Å². The molecule has 5 aromatic carbocycles. The van der Waals surface area contributed by atoms with E-state index in [1.807, 2.05) is 65.7 Å². The molecule has 12 rings (SSSR count). The van der Waals surface area contributed by atoms with Gasteiger partial charge >= 0.3 is 6.09 Å². The first-order valence-electron chi connectivity index (χ1n) is 32.6. The number of aliphatic hydroxyl groups excluding tert-OH is 1. The third-order valence-electron chi connectivity index (χ3n) is 19.3. The Labute approximate surface area is 541 Å². The molecule has 93 heavy (non-hydrogen) atoms. The van der Waals surface area contributed by atoms with Crippen molar-refractivity contribution in [3.63, 3.8) is 0 Å². The Hall–Kier alpha value is -9.24. The molecule has 488 valence electrons. The monoisotopic (exact) mass is 1270 g/mol. The lowest BCUT2D eigenvalue weighted by Crippen LogP contribution is -2.53. The number of fused-ring (bicyclic) bond motifs is 6. The fourth-order valence-corrected chi connectivity index (χ4v) is 13.5. The topological polar surface area (TPSA) is 247 Å². The Morgan fingerprint density at radius 1 is 0.667 bits per heavy atom. The summed E-state index contributed by atoms with van der Waals surface area (Å²) in [5.41, 5.74) is 6.32. The average Bonchev–Trinajstić information content (AvgIpc) is 1.58. The SMILES string of the molecule is COc1cc2c(cc1OCCCCCOc1cc3c(cc1OC)C(=O)N1CC4(CC4)C[C@H]1C(O)N3C(=O)OCc1ccc(NC(=O)[C@H](C)NC(=O)[C@@H](NC(=O)CCCCC(=O)N3Cc4ccccc4/C=C\c4ccccc43)C(C)C)cc1)N=C[C@@H]1CC3(CC3)CN1C2=O. The minimum atomic E-state index is -1.44. The smallest absolute Gasteiger partial charge is 0.416 e. The Balaban J connectivity index is 0.614. The van der Waals surface area contributed by atoms with Gasteiger partial charge in [0.05, 0.1) is 74.3 Å². The van der Waals surface area contributed by atoms with E-state index in [1.165, 1.54) is 7.11 Å². The van der Waals surface area contributed by atoms with Crippen LogP contribution in [0, 0.1) is 16.7 Å². The Kier molecular flexibility index (Phi) is 18.6. The number of anilines is 3. The van der Waals surface area contributed by atoms with Crippen molar-refractivity contribution in [3.05, 3.63) is 130 Å². The van der Waals surface area contributed by atoms with Crippen LogP contribution in [0.5, 0.6) is 23.0 Å². The van der Waals surface area contributed by atoms with Gasteiger partial charge in [-0.15, -0.1) is 0 Å². The molecule has 0 radical (unpaired) electrons. The van der Waals surface area contributed by atoms with Crippen molar-refractivity contribution in [3.8, 4) is 23.0 Å². The van der Waals surface area contributed by atoms with Gasteiger partial charge in [-0.05, 0) is 147 Å². The number of ether oxygens (including phenoxy) is 5. The Morgan fingerprint density at radius 3 is 2.01 bits per heavy atom. The maximum Gasteiger partial charge on any atom is 0.416 e. The van der Waals surface area contributed by atoms with Crippen molar-refractivity contribution in [2.24, 2.45) is 21.7 Å². The number of unbranched alkanes of at least 4 members (excludes halogenated alkanes) is 3. The van der Waals surface area contributed by atoms with E-state index in [2.05, 4.69) is 22.0 Å². The van der Waals surface area contributed by atoms with E-state index in [-0.39, 0.29) is 95.2 Å². The fourth-order valence-electron chi connectivity index (χ4n) is 13.5. The molecule has 0 bridgehead atoms. The minimum Gasteiger partial charge on any atom is -0.493 e. The summed E-state index contributed by atoms with van der Waals surface area (Å²) in [6, 6.07) is 26.4. The summed E-state index contributed by atoms with van der Waals surface area (Å²) in [7, 11) is 3.03. The minimum absolute atomic E-state index is 0.00629. The molecule has 2 saturated carbocycles. The summed E-state index contributed by atoms with van der Waals surface area (Å²) in [6.45, 7) is 7.19. The molecular formula is C72H82N8O13. The molecule has 1 unspecified atom stereocenters. The molecule has 2 aliphatic carbocycles. The number of amides is 7. The maximum atomic E-state index is 14.4. The Morgan fingerprint density at radius 2 is 1.30 bits per heavy atom. The van der Waals surface area contributed by atoms with Crippen molar-refractivity contribution in [2.45, 2.75) is 148 Å². The number of nitrogens with zero attached hydrogens (tertiary/aromatic N) is 5. The quantitative estimate of drug-likeness (QED) is 0.0445. The lowest BCUT2D eigenvalue weighted by Gasteiger charge is -2.31. The van der Waals surface area contributed by atoms with E-state index in [0.717, 1.165) is 72.3 Å². The number of benzene rings is 5. The first-order chi connectivity index (χ1) is 44.9. The highest BCUT2D eigenvalue weighted by Crippen LogP contribution is 2.58. The standard InChI is InChI=1S/C72H82N8O13/c1-44(2)64(76-62(81)19-11-12-20-63(82)77-40-49-17-8-7-15-47(49)23-24-48-16-9-10-18-55(48)77)66(84)74-45(3)65(83)75-50-25-21-46(22-26-50)41-93-70(88)80-56-36-61(59(90-5)34-53(56)68(86)79-43-72(29-30-72)38-57(79)69(80)87)92-32-14-6-13-31-91-60-35-54-52(33-58(60)89-4)67(85)78-42-71(27-28-71)37-51(78)39-73-54/h7-10,15-18,21-26,33-36,39,44-45,51,57,64,69,87H,6,11-14,19-20,27-32,37-38,40-43H2,1-5H3,(H,74,84)(H,75,83)(H,76,81)/b24-23-/t45-,51-,57-,64-,69?/m0/s1. The zero-order valence-electron chi connectivity index (χ0n) is 53.5. The largest absolute Gasteiger partial charge is 0.493 e. The maximum absolute atomic E-state index is 14.4. The Bertz CT molecular complexity index is 3760. The van der Waals surface area contributed by atoms with E-state index in [0.29, 0.717) is 85.8 Å². The van der Waals surface area contributed by atoms with Gasteiger partial charge in [-0.2, -0.15) is 0 Å². The van der Waals surface area contributed by atoms with Gasteiger partial charge in [0.25, 0.3) is 11.8 Å². The first-order valence-corrected chi connectivity index (χ1v) is 32.6. The van der Waals surface area contributed by atoms with Gasteiger partial charge in [-0.1, -0.05) is 80.6 Å². The molecule has 5 atom stereocenters. The molecule has 21 nitrogen and oxygen atoms in total. The number of hydrogen-bond acceptors (Lipinski definition) is 14. The van der Waals surface area contributed by atoms with E-state index < -0.39 is 42.3 Å². The summed E-state index contributed by atoms with van der Waals surface area (Å²) in [4.78, 5) is 108. The predicted octanol–water partition coefficient (Wildman–Crippen LogP) is 10.4. The van der Waals surface area contributed by atoms with Crippen LogP contribution in [0.3, 0.4) is 0 Å². The number of methoxy groups -OCH3 is 2. The molecule has 4 fully saturated rings. The summed E-state index contributed by atoms with van der Waals surface area (Å²) < 4.78 is 29.8. The third-order valence-corrected chi connectivity index (χ3v) is 19.3. The van der Waals surface area contributed by atoms with Crippen LogP contribution in [0.2, 0.25) is 0 Å². The van der Waals surface area contributed by atoms with E-state index >= 15 is 0 Å². The van der Waals surface area contributed by atoms with Gasteiger partial charge in [-0.3, -0.25) is 33.8 Å². The number of para-hydroxylation sites is 1. The van der Waals surface area contributed by atoms with Crippen LogP contribution >= 0.6 is 0 Å². The van der Waals surface area contributed by atoms with Gasteiger partial charge < -0.3 is 59.4 Å². The first kappa shape index (κ1) is 63.9. The number of hydrogen-bond donors (Lipinski definition) is 4. The zero-order valence-corrected chi connectivity index (χ0v) is 53.5. The highest BCUT2D eigenvalue weighted by molar-refractivity contribution is 6.07. The second-order valence-corrected chi connectivity index (χ2v) is 26.3. The van der Waals surface area contributed by atoms with Gasteiger partial charge in [0, 0.05) is 50.0 Å². The van der Waals surface area contributed by atoms with Gasteiger partial charge in [0.2, 0.25) is 23.6 Å². The lowest BCUT2D eigenvalue weighted by molar-refractivity contribution is -0.131. The number of carbonyl (C=O) groups excluding carboxylic acids is 7. The van der Waals surface area contributed by atoms with E-state index in [1.54, 1.807) is 86.2 Å². The van der Waals surface area contributed by atoms with Gasteiger partial charge in [0.15, 0.2) is 29.2 Å². The summed E-state index contributed by atoms with van der Waals surface area (Å²) >= 11 is 0. The van der Waals surface area contributed by atoms with E-state index in [4.69, 9.17) is 28.7 Å². The molecule has 4 N–H and O–H groups in total. The third kappa shape index (κ3) is 13.9. The van der Waals surface area contributed by atoms with Crippen LogP contribution < -0.4 is 44.7 Å². The molecule has 5 heterocycles. The molecule has 7 amide bonds. The summed E-state index contributed by atoms with van der Waals surface area (Å²) in [6.07, 6.45) is 12.5. The number of carbonyl (C=O) groups is 7. The number of aliphatic hydroxyl groups is 1. The van der Waals surface area contributed by atoms with Crippen LogP contribution in [-0.2, 0) is 37.1 Å². The predicted molar refractivity (Wildman–Crippen MR) is 351 cm³/mol. The van der Waals surface area contributed by atoms with Crippen molar-refractivity contribution >= 4 is 82.7 Å². The van der Waals surface area contributed by atoms with Gasteiger partial charge in [0.1, 0.15) is 18.7 Å². The molecule has 7 aliphatic rings. The molecule has 2 saturated heterocycles. The molecule has 0 aromatic heterocycles. The zero-order chi connectivity index (χ0) is 65.1. The fraction of sp³-hybridized carbons (Fsp3) is 0.444. The summed E-state index contributed by atoms with van der Waals surface area (Å²) in [5.74, 6) is -0.563. The van der Waals surface area contributed by atoms with Crippen LogP contribution in [0.4, 0.5) is 27.5 Å². The van der Waals surface area contributed by atoms with Crippen molar-refractivity contribution < 1.29 is 62.4 Å². The molecular weight excluding hydrogens is 1180 g/mol. The van der Waals surface area contributed by atoms with Crippen molar-refractivity contribution in [1.82, 2.24) is 20.4 Å². The van der Waals surface area contributed by atoms with Crippen molar-refractivity contribution in [2.75, 3.05) is 55.6 Å². The molecule has 5 aromatic rings. The normalized spacial score (nSPS) is 20.1. The molecule has 5 aliphatic heterocycles. The second kappa shape index (κ2) is 27.1. The van der Waals surface area contributed by atoms with Crippen LogP contribution in [-0.4, -0.2) is 134 Å². The van der Waals surface area contributed by atoms with Crippen molar-refractivity contribution in [1.29, 1.82) is 0 Å². The number of rotatable bonds is 23. The van der Waals surface area contributed by atoms with Crippen LogP contribution in [0.25, 0.3) is 12.2 Å². The van der Waals surface area contributed by atoms with Gasteiger partial charge in [-0.25, -0.2) is 9.69 Å². The number of aliphatic imine (C=N–C) groups is 1.